The molecular formula is C6H10BrN3S. The maximum atomic E-state index is 5.45. The van der Waals surface area contributed by atoms with Crippen LogP contribution in [0.5, 0.6) is 0 Å². The van der Waals surface area contributed by atoms with Gasteiger partial charge in [-0.1, -0.05) is 15.9 Å². The number of hydrogen-bond donors (Lipinski definition) is 2. The van der Waals surface area contributed by atoms with Gasteiger partial charge in [-0.05, 0) is 0 Å². The summed E-state index contributed by atoms with van der Waals surface area (Å²) >= 11 is 4.86. The van der Waals surface area contributed by atoms with Crippen molar-refractivity contribution in [1.82, 2.24) is 10.3 Å². The molecule has 1 rings (SSSR count). The highest BCUT2D eigenvalue weighted by atomic mass is 79.9. The third kappa shape index (κ3) is 3.18. The number of nitrogens with two attached hydrogens (primary N) is 1. The number of halogens is 1. The number of nitrogens with one attached hydrogen (secondary N) is 1. The van der Waals surface area contributed by atoms with Crippen molar-refractivity contribution < 1.29 is 0 Å². The molecular weight excluding hydrogens is 226 g/mol. The summed E-state index contributed by atoms with van der Waals surface area (Å²) in [6, 6.07) is 0. The molecule has 0 radical (unpaired) electrons. The molecule has 0 atom stereocenters. The molecule has 3 nitrogen and oxygen atoms in total. The number of anilines is 1. The second-order valence-corrected chi connectivity index (χ2v) is 3.97. The Bertz CT molecular complexity index is 213. The molecule has 5 heteroatoms. The van der Waals surface area contributed by atoms with E-state index in [-0.39, 0.29) is 0 Å². The molecule has 0 saturated carbocycles. The number of nitrogens with zero attached hydrogens (tertiary/aromatic N) is 1. The average Bonchev–Trinajstić information content (AvgIpc) is 2.37. The molecule has 3 N–H and O–H groups in total. The van der Waals surface area contributed by atoms with E-state index >= 15 is 0 Å². The molecule has 0 saturated heterocycles. The van der Waals surface area contributed by atoms with E-state index in [2.05, 4.69) is 26.2 Å². The molecule has 0 aliphatic carbocycles. The minimum absolute atomic E-state index is 0.639. The molecule has 0 aliphatic rings. The van der Waals surface area contributed by atoms with Gasteiger partial charge in [0.2, 0.25) is 0 Å². The van der Waals surface area contributed by atoms with E-state index in [0.29, 0.717) is 5.13 Å². The summed E-state index contributed by atoms with van der Waals surface area (Å²) in [5.41, 5.74) is 5.45. The predicted octanol–water partition coefficient (Wildman–Crippen LogP) is 1.21. The highest BCUT2D eigenvalue weighted by molar-refractivity contribution is 9.09. The van der Waals surface area contributed by atoms with Gasteiger partial charge in [-0.25, -0.2) is 4.98 Å². The van der Waals surface area contributed by atoms with E-state index in [1.165, 1.54) is 16.2 Å². The lowest BCUT2D eigenvalue weighted by Crippen LogP contribution is -2.14. The lowest BCUT2D eigenvalue weighted by atomic mass is 10.5. The van der Waals surface area contributed by atoms with Crippen molar-refractivity contribution in [2.24, 2.45) is 0 Å². The van der Waals surface area contributed by atoms with Crippen LogP contribution < -0.4 is 11.1 Å². The average molecular weight is 236 g/mol. The molecule has 0 aliphatic heterocycles. The predicted molar refractivity (Wildman–Crippen MR) is 52.0 cm³/mol. The Balaban J connectivity index is 2.27. The van der Waals surface area contributed by atoms with Gasteiger partial charge < -0.3 is 11.1 Å². The molecule has 0 bridgehead atoms. The molecule has 0 amide bonds. The smallest absolute Gasteiger partial charge is 0.180 e. The summed E-state index contributed by atoms with van der Waals surface area (Å²) in [4.78, 5) is 5.12. The number of thiazole rings is 1. The standard InChI is InChI=1S/C6H10BrN3S/c7-1-2-9-3-5-4-10-6(8)11-5/h4,9H,1-3H2,(H2,8,10). The summed E-state index contributed by atoms with van der Waals surface area (Å²) in [5.74, 6) is 0. The van der Waals surface area contributed by atoms with E-state index in [4.69, 9.17) is 5.73 Å². The molecule has 1 aromatic rings. The first-order valence-corrected chi connectivity index (χ1v) is 5.23. The Morgan fingerprint density at radius 1 is 1.73 bits per heavy atom. The van der Waals surface area contributed by atoms with Gasteiger partial charge in [0.05, 0.1) is 0 Å². The van der Waals surface area contributed by atoms with Crippen LogP contribution in [0.15, 0.2) is 6.20 Å². The topological polar surface area (TPSA) is 50.9 Å². The summed E-state index contributed by atoms with van der Waals surface area (Å²) in [5, 5.41) is 4.85. The second-order valence-electron chi connectivity index (χ2n) is 2.03. The van der Waals surface area contributed by atoms with Gasteiger partial charge in [-0.2, -0.15) is 0 Å². The van der Waals surface area contributed by atoms with Gasteiger partial charge in [-0.3, -0.25) is 0 Å². The molecule has 1 heterocycles. The summed E-state index contributed by atoms with van der Waals surface area (Å²) < 4.78 is 0. The fraction of sp³-hybridized carbons (Fsp3) is 0.500. The summed E-state index contributed by atoms with van der Waals surface area (Å²) in [6.45, 7) is 1.83. The second kappa shape index (κ2) is 4.69. The van der Waals surface area contributed by atoms with Gasteiger partial charge in [0.1, 0.15) is 0 Å². The van der Waals surface area contributed by atoms with Crippen LogP contribution in [0.4, 0.5) is 5.13 Å². The largest absolute Gasteiger partial charge is 0.375 e. The van der Waals surface area contributed by atoms with E-state index in [1.54, 1.807) is 6.20 Å². The van der Waals surface area contributed by atoms with Crippen LogP contribution >= 0.6 is 27.3 Å². The van der Waals surface area contributed by atoms with E-state index in [1.807, 2.05) is 0 Å². The fourth-order valence-corrected chi connectivity index (χ4v) is 1.62. The maximum Gasteiger partial charge on any atom is 0.180 e. The van der Waals surface area contributed by atoms with Gasteiger partial charge in [0.25, 0.3) is 0 Å². The molecule has 0 unspecified atom stereocenters. The van der Waals surface area contributed by atoms with Gasteiger partial charge >= 0.3 is 0 Å². The van der Waals surface area contributed by atoms with Crippen molar-refractivity contribution in [2.75, 3.05) is 17.6 Å². The number of hydrogen-bond acceptors (Lipinski definition) is 4. The third-order valence-electron chi connectivity index (χ3n) is 1.14. The summed E-state index contributed by atoms with van der Waals surface area (Å²) in [7, 11) is 0. The van der Waals surface area contributed by atoms with Crippen molar-refractivity contribution in [1.29, 1.82) is 0 Å². The van der Waals surface area contributed by atoms with E-state index in [0.717, 1.165) is 18.4 Å². The van der Waals surface area contributed by atoms with Gasteiger partial charge in [0.15, 0.2) is 5.13 Å². The highest BCUT2D eigenvalue weighted by Gasteiger charge is 1.96. The molecule has 11 heavy (non-hydrogen) atoms. The van der Waals surface area contributed by atoms with Crippen molar-refractivity contribution in [3.63, 3.8) is 0 Å². The summed E-state index contributed by atoms with van der Waals surface area (Å²) in [6.07, 6.45) is 1.81. The Morgan fingerprint density at radius 2 is 2.55 bits per heavy atom. The Morgan fingerprint density at radius 3 is 3.09 bits per heavy atom. The molecule has 0 spiro atoms. The van der Waals surface area contributed by atoms with Crippen LogP contribution in [-0.2, 0) is 6.54 Å². The van der Waals surface area contributed by atoms with Crippen molar-refractivity contribution in [2.45, 2.75) is 6.54 Å². The molecule has 0 aromatic carbocycles. The Labute approximate surface area is 78.1 Å². The minimum atomic E-state index is 0.639. The zero-order valence-electron chi connectivity index (χ0n) is 6.01. The zero-order valence-corrected chi connectivity index (χ0v) is 8.41. The minimum Gasteiger partial charge on any atom is -0.375 e. The lowest BCUT2D eigenvalue weighted by molar-refractivity contribution is 0.742. The lowest BCUT2D eigenvalue weighted by Gasteiger charge is -1.96. The molecule has 0 fully saturated rings. The highest BCUT2D eigenvalue weighted by Crippen LogP contribution is 2.13. The SMILES string of the molecule is Nc1ncc(CNCCBr)s1. The normalized spacial score (nSPS) is 10.3. The van der Waals surface area contributed by atoms with Crippen LogP contribution in [0.1, 0.15) is 4.88 Å². The van der Waals surface area contributed by atoms with Crippen molar-refractivity contribution in [3.05, 3.63) is 11.1 Å². The molecule has 62 valence electrons. The van der Waals surface area contributed by atoms with E-state index in [9.17, 15) is 0 Å². The quantitative estimate of drug-likeness (QED) is 0.610. The first-order valence-electron chi connectivity index (χ1n) is 3.30. The van der Waals surface area contributed by atoms with Crippen LogP contribution in [0, 0.1) is 0 Å². The number of alkyl halides is 1. The maximum absolute atomic E-state index is 5.45. The van der Waals surface area contributed by atoms with Crippen LogP contribution in [0.2, 0.25) is 0 Å². The number of rotatable bonds is 4. The Hall–Kier alpha value is -0.130. The first kappa shape index (κ1) is 8.96. The van der Waals surface area contributed by atoms with Gasteiger partial charge in [-0.15, -0.1) is 11.3 Å². The van der Waals surface area contributed by atoms with Crippen molar-refractivity contribution >= 4 is 32.4 Å². The van der Waals surface area contributed by atoms with Crippen LogP contribution in [0.25, 0.3) is 0 Å². The van der Waals surface area contributed by atoms with Crippen LogP contribution in [-0.4, -0.2) is 16.9 Å². The van der Waals surface area contributed by atoms with Crippen molar-refractivity contribution in [3.8, 4) is 0 Å². The van der Waals surface area contributed by atoms with Gasteiger partial charge in [0, 0.05) is 29.5 Å². The Kier molecular flexibility index (Phi) is 3.82. The monoisotopic (exact) mass is 235 g/mol. The molecule has 1 aromatic heterocycles. The third-order valence-corrected chi connectivity index (χ3v) is 2.36. The number of nitrogen functional groups attached to an aromatic ring is 1. The first-order chi connectivity index (χ1) is 5.33. The van der Waals surface area contributed by atoms with Crippen LogP contribution in [0.3, 0.4) is 0 Å². The zero-order chi connectivity index (χ0) is 8.10. The fourth-order valence-electron chi connectivity index (χ4n) is 0.683. The van der Waals surface area contributed by atoms with E-state index < -0.39 is 0 Å². The number of aromatic nitrogens is 1.